The van der Waals surface area contributed by atoms with Gasteiger partial charge in [0.2, 0.25) is 6.79 Å². The van der Waals surface area contributed by atoms with Gasteiger partial charge in [-0.05, 0) is 73.5 Å². The van der Waals surface area contributed by atoms with Crippen LogP contribution in [0.2, 0.25) is 0 Å². The maximum absolute atomic E-state index is 12.4. The monoisotopic (exact) mass is 400 g/mol. The molecular formula is C22H28N2O5. The van der Waals surface area contributed by atoms with E-state index in [-0.39, 0.29) is 18.9 Å². The smallest absolute Gasteiger partial charge is 0.309 e. The van der Waals surface area contributed by atoms with Crippen molar-refractivity contribution in [3.05, 3.63) is 23.8 Å². The highest BCUT2D eigenvalue weighted by Gasteiger charge is 2.57. The van der Waals surface area contributed by atoms with Gasteiger partial charge in [0.15, 0.2) is 11.5 Å². The lowest BCUT2D eigenvalue weighted by Crippen LogP contribution is -2.63. The van der Waals surface area contributed by atoms with Gasteiger partial charge in [-0.3, -0.25) is 9.59 Å². The van der Waals surface area contributed by atoms with Gasteiger partial charge in [0, 0.05) is 20.2 Å². The van der Waals surface area contributed by atoms with E-state index in [0.717, 1.165) is 17.4 Å². The molecule has 1 aromatic carbocycles. The number of hydrogen-bond acceptors (Lipinski definition) is 5. The summed E-state index contributed by atoms with van der Waals surface area (Å²) in [5.41, 5.74) is 0.533. The van der Waals surface area contributed by atoms with Gasteiger partial charge in [-0.1, -0.05) is 6.07 Å². The molecule has 2 N–H and O–H groups in total. The summed E-state index contributed by atoms with van der Waals surface area (Å²) in [5, 5.41) is 5.54. The second kappa shape index (κ2) is 7.20. The van der Waals surface area contributed by atoms with Gasteiger partial charge in [0.05, 0.1) is 5.60 Å². The molecule has 4 fully saturated rings. The third-order valence-corrected chi connectivity index (χ3v) is 7.52. The van der Waals surface area contributed by atoms with Crippen molar-refractivity contribution in [1.29, 1.82) is 0 Å². The van der Waals surface area contributed by atoms with Gasteiger partial charge in [-0.15, -0.1) is 0 Å². The molecule has 1 aliphatic heterocycles. The molecule has 7 heteroatoms. The van der Waals surface area contributed by atoms with E-state index in [1.165, 1.54) is 32.1 Å². The molecule has 0 unspecified atom stereocenters. The summed E-state index contributed by atoms with van der Waals surface area (Å²) in [5.74, 6) is 2.74. The Labute approximate surface area is 170 Å². The molecule has 7 nitrogen and oxygen atoms in total. The first-order valence-electron chi connectivity index (χ1n) is 10.6. The largest absolute Gasteiger partial charge is 0.454 e. The molecule has 0 spiro atoms. The summed E-state index contributed by atoms with van der Waals surface area (Å²) in [7, 11) is 1.76. The first-order chi connectivity index (χ1) is 14.1. The van der Waals surface area contributed by atoms with Gasteiger partial charge in [0.25, 0.3) is 0 Å². The molecule has 4 aliphatic carbocycles. The fraction of sp³-hybridized carbons (Fsp3) is 0.636. The zero-order chi connectivity index (χ0) is 20.0. The number of carbonyl (C=O) groups excluding carboxylic acids is 2. The Balaban J connectivity index is 1.16. The molecule has 0 atom stereocenters. The first kappa shape index (κ1) is 18.7. The minimum atomic E-state index is -0.627. The van der Waals surface area contributed by atoms with Crippen LogP contribution in [0.5, 0.6) is 11.5 Å². The predicted molar refractivity (Wildman–Crippen MR) is 104 cm³/mol. The number of benzene rings is 1. The second-order valence-corrected chi connectivity index (χ2v) is 9.02. The van der Waals surface area contributed by atoms with E-state index in [9.17, 15) is 9.59 Å². The van der Waals surface area contributed by atoms with Crippen LogP contribution >= 0.6 is 0 Å². The van der Waals surface area contributed by atoms with Gasteiger partial charge in [-0.2, -0.15) is 0 Å². The second-order valence-electron chi connectivity index (χ2n) is 9.02. The summed E-state index contributed by atoms with van der Waals surface area (Å²) in [6.45, 7) is 0.875. The summed E-state index contributed by atoms with van der Waals surface area (Å²) >= 11 is 0. The molecule has 4 bridgehead atoms. The number of fused-ring (bicyclic) bond motifs is 1. The zero-order valence-corrected chi connectivity index (χ0v) is 16.7. The summed E-state index contributed by atoms with van der Waals surface area (Å²) in [6.07, 6.45) is 6.11. The Kier molecular flexibility index (Phi) is 4.65. The lowest BCUT2D eigenvalue weighted by atomic mass is 9.49. The van der Waals surface area contributed by atoms with E-state index >= 15 is 0 Å². The molecule has 6 rings (SSSR count). The van der Waals surface area contributed by atoms with Gasteiger partial charge < -0.3 is 24.8 Å². The number of carbonyl (C=O) groups is 2. The number of hydrogen-bond donors (Lipinski definition) is 2. The van der Waals surface area contributed by atoms with E-state index in [1.54, 1.807) is 13.2 Å². The molecule has 4 saturated carbocycles. The number of rotatable bonds is 5. The van der Waals surface area contributed by atoms with E-state index in [2.05, 4.69) is 10.6 Å². The van der Waals surface area contributed by atoms with Crippen molar-refractivity contribution in [2.75, 3.05) is 20.4 Å². The Morgan fingerprint density at radius 2 is 1.66 bits per heavy atom. The van der Waals surface area contributed by atoms with E-state index < -0.39 is 11.8 Å². The highest BCUT2D eigenvalue weighted by molar-refractivity contribution is 6.35. The van der Waals surface area contributed by atoms with Crippen molar-refractivity contribution < 1.29 is 23.8 Å². The lowest BCUT2D eigenvalue weighted by molar-refractivity contribution is -0.188. The lowest BCUT2D eigenvalue weighted by Gasteiger charge is -2.60. The van der Waals surface area contributed by atoms with Crippen LogP contribution in [0.1, 0.15) is 37.7 Å². The van der Waals surface area contributed by atoms with Gasteiger partial charge >= 0.3 is 11.8 Å². The fourth-order valence-corrected chi connectivity index (χ4v) is 6.29. The molecule has 1 aromatic rings. The number of methoxy groups -OCH3 is 1. The van der Waals surface area contributed by atoms with Crippen LogP contribution in [0.4, 0.5) is 0 Å². The zero-order valence-electron chi connectivity index (χ0n) is 16.7. The maximum Gasteiger partial charge on any atom is 0.309 e. The summed E-state index contributed by atoms with van der Waals surface area (Å²) in [4.78, 5) is 24.7. The number of nitrogens with one attached hydrogen (secondary N) is 2. The number of amides is 2. The van der Waals surface area contributed by atoms with Crippen LogP contribution in [-0.4, -0.2) is 37.9 Å². The van der Waals surface area contributed by atoms with Gasteiger partial charge in [0.1, 0.15) is 0 Å². The fourth-order valence-electron chi connectivity index (χ4n) is 6.29. The molecule has 0 saturated heterocycles. The third-order valence-electron chi connectivity index (χ3n) is 7.52. The summed E-state index contributed by atoms with van der Waals surface area (Å²) < 4.78 is 16.7. The van der Waals surface area contributed by atoms with Crippen LogP contribution < -0.4 is 20.1 Å². The topological polar surface area (TPSA) is 85.9 Å². The van der Waals surface area contributed by atoms with Crippen LogP contribution in [0.25, 0.3) is 0 Å². The molecule has 29 heavy (non-hydrogen) atoms. The molecular weight excluding hydrogens is 372 g/mol. The standard InChI is InChI=1S/C22H28N2O5/c1-27-22(16-5-14-4-15(7-16)8-17(22)6-14)11-24-21(26)20(25)23-10-13-2-3-18-19(9-13)29-12-28-18/h2-3,9,14-17H,4-8,10-12H2,1H3,(H,23,25)(H,24,26). The third kappa shape index (κ3) is 3.25. The molecule has 0 radical (unpaired) electrons. The Morgan fingerprint density at radius 1 is 1.00 bits per heavy atom. The van der Waals surface area contributed by atoms with Crippen molar-refractivity contribution in [1.82, 2.24) is 10.6 Å². The van der Waals surface area contributed by atoms with E-state index in [4.69, 9.17) is 14.2 Å². The minimum Gasteiger partial charge on any atom is -0.454 e. The van der Waals surface area contributed by atoms with Crippen molar-refractivity contribution in [3.63, 3.8) is 0 Å². The van der Waals surface area contributed by atoms with Crippen molar-refractivity contribution in [2.45, 2.75) is 44.2 Å². The van der Waals surface area contributed by atoms with Crippen molar-refractivity contribution in [3.8, 4) is 11.5 Å². The van der Waals surface area contributed by atoms with Crippen LogP contribution in [-0.2, 0) is 20.9 Å². The average molecular weight is 400 g/mol. The van der Waals surface area contributed by atoms with Crippen molar-refractivity contribution in [2.24, 2.45) is 23.7 Å². The molecule has 1 heterocycles. The highest BCUT2D eigenvalue weighted by Crippen LogP contribution is 2.59. The highest BCUT2D eigenvalue weighted by atomic mass is 16.7. The van der Waals surface area contributed by atoms with Crippen LogP contribution in [0, 0.1) is 23.7 Å². The van der Waals surface area contributed by atoms with E-state index in [1.807, 2.05) is 12.1 Å². The van der Waals surface area contributed by atoms with Crippen LogP contribution in [0.15, 0.2) is 18.2 Å². The van der Waals surface area contributed by atoms with E-state index in [0.29, 0.717) is 29.9 Å². The first-order valence-corrected chi connectivity index (χ1v) is 10.6. The SMILES string of the molecule is COC1(CNC(=O)C(=O)NCc2ccc3c(c2)OCO3)C2CC3CC(C2)CC1C3. The Hall–Kier alpha value is -2.28. The Bertz CT molecular complexity index is 795. The normalized spacial score (nSPS) is 33.6. The number of ether oxygens (including phenoxy) is 3. The predicted octanol–water partition coefficient (Wildman–Crippen LogP) is 1.99. The molecule has 156 valence electrons. The minimum absolute atomic E-state index is 0.207. The quantitative estimate of drug-likeness (QED) is 0.739. The maximum atomic E-state index is 12.4. The van der Waals surface area contributed by atoms with Crippen molar-refractivity contribution >= 4 is 11.8 Å². The molecule has 2 amide bonds. The van der Waals surface area contributed by atoms with Gasteiger partial charge in [-0.25, -0.2) is 0 Å². The summed E-state index contributed by atoms with van der Waals surface area (Å²) in [6, 6.07) is 5.47. The molecule has 5 aliphatic rings. The van der Waals surface area contributed by atoms with Crippen LogP contribution in [0.3, 0.4) is 0 Å². The average Bonchev–Trinajstić information content (AvgIpc) is 3.19. The molecule has 0 aromatic heterocycles. The Morgan fingerprint density at radius 3 is 2.34 bits per heavy atom.